The Morgan fingerprint density at radius 2 is 1.95 bits per heavy atom. The van der Waals surface area contributed by atoms with Gasteiger partial charge in [0.2, 0.25) is 0 Å². The van der Waals surface area contributed by atoms with Crippen molar-refractivity contribution in [3.8, 4) is 0 Å². The molecule has 0 spiro atoms. The molecule has 2 aliphatic rings. The third kappa shape index (κ3) is 3.63. The molecule has 0 aromatic carbocycles. The zero-order valence-corrected chi connectivity index (χ0v) is 13.5. The number of ether oxygens (including phenoxy) is 1. The number of urea groups is 1. The van der Waals surface area contributed by atoms with Crippen molar-refractivity contribution in [2.45, 2.75) is 50.6 Å². The van der Waals surface area contributed by atoms with E-state index in [0.29, 0.717) is 25.4 Å². The molecule has 2 fully saturated rings. The molecule has 1 N–H and O–H groups in total. The van der Waals surface area contributed by atoms with E-state index in [-0.39, 0.29) is 17.5 Å². The first kappa shape index (κ1) is 16.4. The van der Waals surface area contributed by atoms with Crippen LogP contribution in [0, 0.1) is 0 Å². The van der Waals surface area contributed by atoms with Crippen molar-refractivity contribution in [1.82, 2.24) is 9.80 Å². The van der Waals surface area contributed by atoms with Gasteiger partial charge in [0.05, 0.1) is 11.5 Å². The van der Waals surface area contributed by atoms with E-state index in [0.717, 1.165) is 19.3 Å². The van der Waals surface area contributed by atoms with Crippen LogP contribution in [0.5, 0.6) is 0 Å². The summed E-state index contributed by atoms with van der Waals surface area (Å²) in [4.78, 5) is 27.4. The van der Waals surface area contributed by atoms with Crippen LogP contribution in [0.15, 0.2) is 0 Å². The molecule has 0 saturated carbocycles. The molecular formula is C14H24N2O4S. The summed E-state index contributed by atoms with van der Waals surface area (Å²) < 4.78 is 5.59. The van der Waals surface area contributed by atoms with Crippen LogP contribution >= 0.6 is 11.8 Å². The number of thioether (sulfide) groups is 1. The second kappa shape index (κ2) is 7.35. The molecule has 2 unspecified atom stereocenters. The minimum Gasteiger partial charge on any atom is -0.480 e. The maximum atomic E-state index is 12.7. The van der Waals surface area contributed by atoms with Crippen molar-refractivity contribution < 1.29 is 19.4 Å². The molecule has 2 heterocycles. The van der Waals surface area contributed by atoms with Gasteiger partial charge in [0, 0.05) is 25.4 Å². The highest BCUT2D eigenvalue weighted by molar-refractivity contribution is 8.00. The fourth-order valence-electron chi connectivity index (χ4n) is 2.94. The minimum atomic E-state index is -0.906. The lowest BCUT2D eigenvalue weighted by molar-refractivity contribution is -0.141. The third-order valence-corrected chi connectivity index (χ3v) is 5.52. The summed E-state index contributed by atoms with van der Waals surface area (Å²) in [6, 6.07) is -0.828. The van der Waals surface area contributed by atoms with Crippen molar-refractivity contribution >= 4 is 23.8 Å². The summed E-state index contributed by atoms with van der Waals surface area (Å²) in [5.74, 6) is -0.425. The van der Waals surface area contributed by atoms with Gasteiger partial charge in [-0.2, -0.15) is 0 Å². The number of carboxylic acid groups (broad SMARTS) is 1. The molecule has 6 nitrogen and oxygen atoms in total. The normalized spacial score (nSPS) is 27.1. The Hall–Kier alpha value is -0.950. The van der Waals surface area contributed by atoms with Gasteiger partial charge < -0.3 is 14.7 Å². The number of aliphatic carboxylic acids is 1. The van der Waals surface area contributed by atoms with Crippen LogP contribution in [0.1, 0.15) is 33.1 Å². The number of hydrogen-bond acceptors (Lipinski definition) is 4. The maximum absolute atomic E-state index is 12.7. The van der Waals surface area contributed by atoms with Crippen molar-refractivity contribution in [1.29, 1.82) is 0 Å². The molecule has 2 saturated heterocycles. The summed E-state index contributed by atoms with van der Waals surface area (Å²) in [7, 11) is 0. The van der Waals surface area contributed by atoms with E-state index in [1.54, 1.807) is 21.6 Å². The van der Waals surface area contributed by atoms with Crippen LogP contribution in [-0.4, -0.2) is 69.9 Å². The summed E-state index contributed by atoms with van der Waals surface area (Å²) in [5.41, 5.74) is 0. The Kier molecular flexibility index (Phi) is 5.75. The van der Waals surface area contributed by atoms with Gasteiger partial charge in [-0.1, -0.05) is 6.92 Å². The molecule has 120 valence electrons. The molecule has 2 aliphatic heterocycles. The zero-order valence-electron chi connectivity index (χ0n) is 12.7. The van der Waals surface area contributed by atoms with Crippen LogP contribution in [0.25, 0.3) is 0 Å². The molecule has 2 atom stereocenters. The zero-order chi connectivity index (χ0) is 15.4. The fraction of sp³-hybridized carbons (Fsp3) is 0.857. The third-order valence-electron chi connectivity index (χ3n) is 4.06. The first-order chi connectivity index (χ1) is 10.1. The Morgan fingerprint density at radius 3 is 2.48 bits per heavy atom. The maximum Gasteiger partial charge on any atom is 0.327 e. The Bertz CT molecular complexity index is 385. The average molecular weight is 316 g/mol. The number of likely N-dealkylation sites (tertiary alicyclic amines) is 1. The van der Waals surface area contributed by atoms with Gasteiger partial charge in [-0.05, 0) is 26.2 Å². The lowest BCUT2D eigenvalue weighted by atomic mass is 10.1. The van der Waals surface area contributed by atoms with Gasteiger partial charge in [0.15, 0.2) is 0 Å². The molecule has 0 aliphatic carbocycles. The van der Waals surface area contributed by atoms with Gasteiger partial charge >= 0.3 is 12.0 Å². The van der Waals surface area contributed by atoms with Crippen LogP contribution in [0.2, 0.25) is 0 Å². The summed E-state index contributed by atoms with van der Waals surface area (Å²) >= 11 is 1.56. The topological polar surface area (TPSA) is 70.1 Å². The largest absolute Gasteiger partial charge is 0.480 e. The fourth-order valence-corrected chi connectivity index (χ4v) is 4.28. The van der Waals surface area contributed by atoms with Gasteiger partial charge in [0.1, 0.15) is 6.04 Å². The van der Waals surface area contributed by atoms with Gasteiger partial charge in [-0.3, -0.25) is 4.90 Å². The number of carbonyl (C=O) groups is 2. The highest BCUT2D eigenvalue weighted by Gasteiger charge is 2.42. The van der Waals surface area contributed by atoms with E-state index in [4.69, 9.17) is 4.74 Å². The van der Waals surface area contributed by atoms with Crippen molar-refractivity contribution in [3.63, 3.8) is 0 Å². The molecule has 2 amide bonds. The monoisotopic (exact) mass is 316 g/mol. The minimum absolute atomic E-state index is 0.0248. The molecule has 0 aromatic heterocycles. The van der Waals surface area contributed by atoms with Crippen molar-refractivity contribution in [2.24, 2.45) is 0 Å². The molecular weight excluding hydrogens is 292 g/mol. The lowest BCUT2D eigenvalue weighted by Crippen LogP contribution is -2.53. The average Bonchev–Trinajstić information content (AvgIpc) is 2.91. The quantitative estimate of drug-likeness (QED) is 0.857. The summed E-state index contributed by atoms with van der Waals surface area (Å²) in [5, 5.41) is 9.29. The van der Waals surface area contributed by atoms with Gasteiger partial charge in [-0.15, -0.1) is 11.8 Å². The number of carboxylic acids is 1. The van der Waals surface area contributed by atoms with Crippen LogP contribution in [-0.2, 0) is 9.53 Å². The van der Waals surface area contributed by atoms with E-state index in [1.165, 1.54) is 0 Å². The Morgan fingerprint density at radius 1 is 1.29 bits per heavy atom. The van der Waals surface area contributed by atoms with Crippen molar-refractivity contribution in [3.05, 3.63) is 0 Å². The standard InChI is InChI=1S/C14H24N2O4S/c1-3-12-16(11(9-21-12)13(17)18)14(19)15-7-5-10(6-8-15)20-4-2/h10-12H,3-9H2,1-2H3,(H,17,18). The Balaban J connectivity index is 1.99. The van der Waals surface area contributed by atoms with Crippen LogP contribution in [0.4, 0.5) is 4.79 Å². The predicted molar refractivity (Wildman–Crippen MR) is 81.4 cm³/mol. The van der Waals surface area contributed by atoms with E-state index >= 15 is 0 Å². The number of hydrogen-bond donors (Lipinski definition) is 1. The van der Waals surface area contributed by atoms with E-state index in [2.05, 4.69) is 0 Å². The first-order valence-electron chi connectivity index (χ1n) is 7.61. The van der Waals surface area contributed by atoms with Crippen LogP contribution in [0.3, 0.4) is 0 Å². The smallest absolute Gasteiger partial charge is 0.327 e. The predicted octanol–water partition coefficient (Wildman–Crippen LogP) is 1.85. The SMILES string of the molecule is CCOC1CCN(C(=O)N2C(CC)SCC2C(=O)O)CC1. The van der Waals surface area contributed by atoms with E-state index < -0.39 is 12.0 Å². The molecule has 0 aromatic rings. The van der Waals surface area contributed by atoms with Crippen molar-refractivity contribution in [2.75, 3.05) is 25.4 Å². The second-order valence-corrected chi connectivity index (χ2v) is 6.59. The van der Waals surface area contributed by atoms with E-state index in [9.17, 15) is 14.7 Å². The second-order valence-electron chi connectivity index (χ2n) is 5.38. The summed E-state index contributed by atoms with van der Waals surface area (Å²) in [6.45, 7) is 5.95. The number of rotatable bonds is 4. The summed E-state index contributed by atoms with van der Waals surface area (Å²) in [6.07, 6.45) is 2.66. The molecule has 0 bridgehead atoms. The highest BCUT2D eigenvalue weighted by Crippen LogP contribution is 2.32. The lowest BCUT2D eigenvalue weighted by Gasteiger charge is -2.37. The molecule has 2 rings (SSSR count). The molecule has 21 heavy (non-hydrogen) atoms. The number of piperidine rings is 1. The molecule has 7 heteroatoms. The molecule has 0 radical (unpaired) electrons. The van der Waals surface area contributed by atoms with E-state index in [1.807, 2.05) is 13.8 Å². The highest BCUT2D eigenvalue weighted by atomic mass is 32.2. The number of nitrogens with zero attached hydrogens (tertiary/aromatic N) is 2. The van der Waals surface area contributed by atoms with Crippen LogP contribution < -0.4 is 0 Å². The Labute approximate surface area is 129 Å². The number of amides is 2. The first-order valence-corrected chi connectivity index (χ1v) is 8.66. The number of carbonyl (C=O) groups excluding carboxylic acids is 1. The van der Waals surface area contributed by atoms with Gasteiger partial charge in [-0.25, -0.2) is 9.59 Å². The van der Waals surface area contributed by atoms with Gasteiger partial charge in [0.25, 0.3) is 0 Å².